The van der Waals surface area contributed by atoms with Crippen LogP contribution in [-0.2, 0) is 16.7 Å². The second-order valence-corrected chi connectivity index (χ2v) is 5.56. The molecule has 1 unspecified atom stereocenters. The quantitative estimate of drug-likeness (QED) is 0.878. The average molecular weight is 239 g/mol. The van der Waals surface area contributed by atoms with Crippen LogP contribution in [-0.4, -0.2) is 23.3 Å². The van der Waals surface area contributed by atoms with Gasteiger partial charge in [-0.3, -0.25) is 0 Å². The van der Waals surface area contributed by atoms with E-state index in [1.807, 2.05) is 0 Å². The second kappa shape index (κ2) is 5.08. The first kappa shape index (κ1) is 14.0. The molecule has 1 heterocycles. The molecule has 1 aromatic rings. The van der Waals surface area contributed by atoms with Crippen LogP contribution < -0.4 is 5.73 Å². The van der Waals surface area contributed by atoms with Crippen molar-refractivity contribution in [3.05, 3.63) is 11.5 Å². The van der Waals surface area contributed by atoms with Crippen LogP contribution in [0, 0.1) is 0 Å². The van der Waals surface area contributed by atoms with E-state index in [9.17, 15) is 0 Å². The number of nitrogens with two attached hydrogens (primary N) is 1. The second-order valence-electron chi connectivity index (χ2n) is 5.56. The Balaban J connectivity index is 3.22. The third-order valence-electron chi connectivity index (χ3n) is 2.91. The summed E-state index contributed by atoms with van der Waals surface area (Å²) >= 11 is 0. The maximum absolute atomic E-state index is 6.19. The average Bonchev–Trinajstić information content (AvgIpc) is 2.55. The van der Waals surface area contributed by atoms with Gasteiger partial charge in [0.2, 0.25) is 0 Å². The van der Waals surface area contributed by atoms with Crippen LogP contribution in [0.15, 0.2) is 0 Å². The van der Waals surface area contributed by atoms with Crippen molar-refractivity contribution in [2.24, 2.45) is 0 Å². The van der Waals surface area contributed by atoms with Crippen LogP contribution in [0.3, 0.4) is 0 Å². The highest BCUT2D eigenvalue weighted by molar-refractivity contribution is 5.41. The standard InChI is InChI=1S/C13H25N3O/c1-7-16-11(14)10(9(2)8-17-6)15-12(16)13(3,4)5/h9H,7-8,14H2,1-6H3. The molecule has 0 saturated heterocycles. The molecule has 4 nitrogen and oxygen atoms in total. The molecule has 1 aromatic heterocycles. The largest absolute Gasteiger partial charge is 0.384 e. The smallest absolute Gasteiger partial charge is 0.127 e. The third-order valence-corrected chi connectivity index (χ3v) is 2.91. The number of aromatic nitrogens is 2. The van der Waals surface area contributed by atoms with Gasteiger partial charge in [0.25, 0.3) is 0 Å². The van der Waals surface area contributed by atoms with Gasteiger partial charge >= 0.3 is 0 Å². The molecule has 0 saturated carbocycles. The van der Waals surface area contributed by atoms with Gasteiger partial charge in [0.05, 0.1) is 12.3 Å². The summed E-state index contributed by atoms with van der Waals surface area (Å²) in [6.07, 6.45) is 0. The lowest BCUT2D eigenvalue weighted by atomic mass is 9.95. The molecule has 17 heavy (non-hydrogen) atoms. The molecule has 0 fully saturated rings. The molecule has 0 aliphatic heterocycles. The normalized spacial score (nSPS) is 14.0. The summed E-state index contributed by atoms with van der Waals surface area (Å²) < 4.78 is 7.28. The lowest BCUT2D eigenvalue weighted by Crippen LogP contribution is -2.19. The topological polar surface area (TPSA) is 53.1 Å². The monoisotopic (exact) mass is 239 g/mol. The van der Waals surface area contributed by atoms with Crippen molar-refractivity contribution in [3.63, 3.8) is 0 Å². The van der Waals surface area contributed by atoms with Crippen molar-refractivity contribution >= 4 is 5.82 Å². The molecule has 0 aliphatic rings. The molecule has 0 aromatic carbocycles. The number of imidazole rings is 1. The molecule has 0 spiro atoms. The van der Waals surface area contributed by atoms with Crippen LogP contribution in [0.25, 0.3) is 0 Å². The minimum absolute atomic E-state index is 0.00910. The summed E-state index contributed by atoms with van der Waals surface area (Å²) in [7, 11) is 1.70. The van der Waals surface area contributed by atoms with Gasteiger partial charge in [-0.1, -0.05) is 27.7 Å². The molecule has 2 N–H and O–H groups in total. The van der Waals surface area contributed by atoms with E-state index >= 15 is 0 Å². The van der Waals surface area contributed by atoms with Gasteiger partial charge in [-0.25, -0.2) is 4.98 Å². The molecule has 4 heteroatoms. The fraction of sp³-hybridized carbons (Fsp3) is 0.769. The van der Waals surface area contributed by atoms with E-state index in [4.69, 9.17) is 15.5 Å². The summed E-state index contributed by atoms with van der Waals surface area (Å²) in [5, 5.41) is 0. The molecule has 0 bridgehead atoms. The summed E-state index contributed by atoms with van der Waals surface area (Å²) in [5.41, 5.74) is 7.15. The summed E-state index contributed by atoms with van der Waals surface area (Å²) in [6.45, 7) is 12.2. The highest BCUT2D eigenvalue weighted by Gasteiger charge is 2.26. The third kappa shape index (κ3) is 2.80. The first-order valence-corrected chi connectivity index (χ1v) is 6.18. The Morgan fingerprint density at radius 2 is 2.00 bits per heavy atom. The summed E-state index contributed by atoms with van der Waals surface area (Å²) in [5.74, 6) is 2.06. The van der Waals surface area contributed by atoms with Crippen LogP contribution >= 0.6 is 0 Å². The number of nitrogens with zero attached hydrogens (tertiary/aromatic N) is 2. The number of ether oxygens (including phenoxy) is 1. The molecule has 0 amide bonds. The van der Waals surface area contributed by atoms with Crippen molar-refractivity contribution in [1.29, 1.82) is 0 Å². The van der Waals surface area contributed by atoms with E-state index in [0.29, 0.717) is 6.61 Å². The maximum atomic E-state index is 6.19. The maximum Gasteiger partial charge on any atom is 0.127 e. The fourth-order valence-corrected chi connectivity index (χ4v) is 2.07. The van der Waals surface area contributed by atoms with Gasteiger partial charge < -0.3 is 15.0 Å². The van der Waals surface area contributed by atoms with Crippen LogP contribution in [0.1, 0.15) is 52.1 Å². The van der Waals surface area contributed by atoms with Gasteiger partial charge in [0, 0.05) is 25.0 Å². The Bertz CT molecular complexity index is 377. The number of hydrogen-bond donors (Lipinski definition) is 1. The molecule has 0 aliphatic carbocycles. The number of hydrogen-bond acceptors (Lipinski definition) is 3. The lowest BCUT2D eigenvalue weighted by Gasteiger charge is -2.19. The molecule has 98 valence electrons. The minimum atomic E-state index is 0.00910. The Morgan fingerprint density at radius 1 is 1.41 bits per heavy atom. The van der Waals surface area contributed by atoms with Crippen LogP contribution in [0.2, 0.25) is 0 Å². The first-order chi connectivity index (χ1) is 7.82. The molecule has 1 atom stereocenters. The highest BCUT2D eigenvalue weighted by Crippen LogP contribution is 2.29. The van der Waals surface area contributed by atoms with E-state index in [-0.39, 0.29) is 11.3 Å². The molecular weight excluding hydrogens is 214 g/mol. The zero-order valence-corrected chi connectivity index (χ0v) is 11.9. The van der Waals surface area contributed by atoms with Crippen molar-refractivity contribution in [3.8, 4) is 0 Å². The number of rotatable bonds is 4. The van der Waals surface area contributed by atoms with Crippen molar-refractivity contribution in [2.75, 3.05) is 19.5 Å². The fourth-order valence-electron chi connectivity index (χ4n) is 2.07. The lowest BCUT2D eigenvalue weighted by molar-refractivity contribution is 0.183. The highest BCUT2D eigenvalue weighted by atomic mass is 16.5. The van der Waals surface area contributed by atoms with Gasteiger partial charge in [-0.2, -0.15) is 0 Å². The number of methoxy groups -OCH3 is 1. The predicted molar refractivity (Wildman–Crippen MR) is 71.3 cm³/mol. The van der Waals surface area contributed by atoms with Gasteiger partial charge in [-0.15, -0.1) is 0 Å². The Kier molecular flexibility index (Phi) is 4.20. The van der Waals surface area contributed by atoms with E-state index in [0.717, 1.165) is 23.9 Å². The van der Waals surface area contributed by atoms with E-state index < -0.39 is 0 Å². The van der Waals surface area contributed by atoms with Gasteiger partial charge in [-0.05, 0) is 6.92 Å². The SMILES string of the molecule is CCn1c(C(C)(C)C)nc(C(C)COC)c1N. The van der Waals surface area contributed by atoms with E-state index in [1.165, 1.54) is 0 Å². The molecule has 1 rings (SSSR count). The van der Waals surface area contributed by atoms with E-state index in [1.54, 1.807) is 7.11 Å². The summed E-state index contributed by atoms with van der Waals surface area (Å²) in [6, 6.07) is 0. The zero-order chi connectivity index (χ0) is 13.2. The molecule has 0 radical (unpaired) electrons. The van der Waals surface area contributed by atoms with Gasteiger partial charge in [0.15, 0.2) is 0 Å². The Hall–Kier alpha value is -1.03. The first-order valence-electron chi connectivity index (χ1n) is 6.18. The van der Waals surface area contributed by atoms with Crippen LogP contribution in [0.4, 0.5) is 5.82 Å². The Morgan fingerprint density at radius 3 is 2.35 bits per heavy atom. The van der Waals surface area contributed by atoms with Crippen molar-refractivity contribution in [2.45, 2.75) is 52.5 Å². The minimum Gasteiger partial charge on any atom is -0.384 e. The predicted octanol–water partition coefficient (Wildman–Crippen LogP) is 2.53. The van der Waals surface area contributed by atoms with Crippen molar-refractivity contribution in [1.82, 2.24) is 9.55 Å². The van der Waals surface area contributed by atoms with Gasteiger partial charge in [0.1, 0.15) is 11.6 Å². The molecular formula is C13H25N3O. The number of anilines is 1. The van der Waals surface area contributed by atoms with E-state index in [2.05, 4.69) is 39.2 Å². The summed E-state index contributed by atoms with van der Waals surface area (Å²) in [4.78, 5) is 4.73. The van der Waals surface area contributed by atoms with Crippen LogP contribution in [0.5, 0.6) is 0 Å². The Labute approximate surface area is 104 Å². The van der Waals surface area contributed by atoms with Crippen molar-refractivity contribution < 1.29 is 4.74 Å². The zero-order valence-electron chi connectivity index (χ0n) is 11.9. The number of nitrogen functional groups attached to an aromatic ring is 1.